The van der Waals surface area contributed by atoms with Gasteiger partial charge in [-0.05, 0) is 67.8 Å². The number of hydrogen-bond donors (Lipinski definition) is 0. The molecule has 4 aliphatic carbocycles. The van der Waals surface area contributed by atoms with E-state index < -0.39 is 0 Å². The van der Waals surface area contributed by atoms with Crippen LogP contribution in [0.4, 0.5) is 0 Å². The standard InChI is InChI=1S/C19H23BrO2/c1-22-18-7-15(17(21)11-20)2-3-16(18)19-8-12-4-13(9-19)6-14(5-12)10-19/h2-3,7,12-14H,4-6,8-11H2,1H3. The van der Waals surface area contributed by atoms with E-state index in [2.05, 4.69) is 22.0 Å². The van der Waals surface area contributed by atoms with Crippen LogP contribution in [0, 0.1) is 17.8 Å². The van der Waals surface area contributed by atoms with Crippen molar-refractivity contribution >= 4 is 21.7 Å². The van der Waals surface area contributed by atoms with Crippen molar-refractivity contribution < 1.29 is 9.53 Å². The van der Waals surface area contributed by atoms with Gasteiger partial charge in [-0.2, -0.15) is 0 Å². The molecule has 0 spiro atoms. The third-order valence-corrected chi connectivity index (χ3v) is 6.76. The number of ether oxygens (including phenoxy) is 1. The summed E-state index contributed by atoms with van der Waals surface area (Å²) in [6.07, 6.45) is 8.30. The zero-order valence-corrected chi connectivity index (χ0v) is 14.7. The highest BCUT2D eigenvalue weighted by molar-refractivity contribution is 9.09. The molecular formula is C19H23BrO2. The Hall–Kier alpha value is -0.830. The summed E-state index contributed by atoms with van der Waals surface area (Å²) in [7, 11) is 1.74. The van der Waals surface area contributed by atoms with Crippen molar-refractivity contribution in [2.45, 2.75) is 43.9 Å². The maximum Gasteiger partial charge on any atom is 0.173 e. The van der Waals surface area contributed by atoms with E-state index >= 15 is 0 Å². The minimum atomic E-state index is 0.121. The molecule has 0 unspecified atom stereocenters. The average molecular weight is 363 g/mol. The van der Waals surface area contributed by atoms with Crippen molar-refractivity contribution in [2.75, 3.05) is 12.4 Å². The summed E-state index contributed by atoms with van der Waals surface area (Å²) < 4.78 is 5.70. The summed E-state index contributed by atoms with van der Waals surface area (Å²) in [5, 5.41) is 0.368. The summed E-state index contributed by atoms with van der Waals surface area (Å²) in [5.41, 5.74) is 2.43. The molecule has 0 heterocycles. The topological polar surface area (TPSA) is 26.3 Å². The van der Waals surface area contributed by atoms with Crippen LogP contribution in [-0.2, 0) is 5.41 Å². The fraction of sp³-hybridized carbons (Fsp3) is 0.632. The van der Waals surface area contributed by atoms with Crippen molar-refractivity contribution in [3.63, 3.8) is 0 Å². The predicted octanol–water partition coefficient (Wildman–Crippen LogP) is 4.74. The molecule has 4 fully saturated rings. The minimum Gasteiger partial charge on any atom is -0.496 e. The highest BCUT2D eigenvalue weighted by atomic mass is 79.9. The molecule has 3 heteroatoms. The second-order valence-corrected chi connectivity index (χ2v) is 8.23. The summed E-state index contributed by atoms with van der Waals surface area (Å²) in [6, 6.07) is 6.14. The normalized spacial score (nSPS) is 35.6. The molecule has 118 valence electrons. The smallest absolute Gasteiger partial charge is 0.173 e. The van der Waals surface area contributed by atoms with Gasteiger partial charge < -0.3 is 4.74 Å². The van der Waals surface area contributed by atoms with Gasteiger partial charge in [0.1, 0.15) is 5.75 Å². The van der Waals surface area contributed by atoms with Gasteiger partial charge in [-0.1, -0.05) is 28.1 Å². The molecule has 0 amide bonds. The first-order chi connectivity index (χ1) is 10.6. The number of alkyl halides is 1. The second-order valence-electron chi connectivity index (χ2n) is 7.67. The van der Waals surface area contributed by atoms with Crippen LogP contribution in [0.1, 0.15) is 54.4 Å². The number of methoxy groups -OCH3 is 1. The Morgan fingerprint density at radius 3 is 2.27 bits per heavy atom. The lowest BCUT2D eigenvalue weighted by Crippen LogP contribution is -2.48. The van der Waals surface area contributed by atoms with E-state index in [1.165, 1.54) is 44.1 Å². The molecule has 0 aromatic heterocycles. The highest BCUT2D eigenvalue weighted by Crippen LogP contribution is 2.61. The largest absolute Gasteiger partial charge is 0.496 e. The van der Waals surface area contributed by atoms with Crippen LogP contribution in [0.25, 0.3) is 0 Å². The fourth-order valence-electron chi connectivity index (χ4n) is 5.82. The first-order valence-corrected chi connectivity index (χ1v) is 9.53. The minimum absolute atomic E-state index is 0.121. The van der Waals surface area contributed by atoms with Gasteiger partial charge in [0.2, 0.25) is 0 Å². The molecule has 4 bridgehead atoms. The van der Waals surface area contributed by atoms with Crippen LogP contribution in [0.2, 0.25) is 0 Å². The maximum absolute atomic E-state index is 11.9. The van der Waals surface area contributed by atoms with E-state index in [0.717, 1.165) is 29.1 Å². The third kappa shape index (κ3) is 2.24. The Labute approximate surface area is 140 Å². The summed E-state index contributed by atoms with van der Waals surface area (Å²) in [5.74, 6) is 3.79. The summed E-state index contributed by atoms with van der Waals surface area (Å²) >= 11 is 3.26. The van der Waals surface area contributed by atoms with Crippen molar-refractivity contribution in [1.82, 2.24) is 0 Å². The lowest BCUT2D eigenvalue weighted by atomic mass is 9.48. The van der Waals surface area contributed by atoms with Crippen LogP contribution < -0.4 is 4.74 Å². The van der Waals surface area contributed by atoms with Crippen molar-refractivity contribution in [1.29, 1.82) is 0 Å². The molecule has 1 aromatic carbocycles. The van der Waals surface area contributed by atoms with Gasteiger partial charge in [0.05, 0.1) is 12.4 Å². The van der Waals surface area contributed by atoms with E-state index in [0.29, 0.717) is 10.7 Å². The van der Waals surface area contributed by atoms with Crippen LogP contribution in [0.15, 0.2) is 18.2 Å². The van der Waals surface area contributed by atoms with Gasteiger partial charge >= 0.3 is 0 Å². The Morgan fingerprint density at radius 2 is 1.77 bits per heavy atom. The zero-order valence-electron chi connectivity index (χ0n) is 13.1. The number of benzene rings is 1. The Morgan fingerprint density at radius 1 is 1.18 bits per heavy atom. The number of rotatable bonds is 4. The van der Waals surface area contributed by atoms with Gasteiger partial charge in [0.15, 0.2) is 5.78 Å². The molecule has 0 atom stereocenters. The number of carbonyl (C=O) groups excluding carboxylic acids is 1. The van der Waals surface area contributed by atoms with E-state index in [1.54, 1.807) is 7.11 Å². The molecule has 22 heavy (non-hydrogen) atoms. The maximum atomic E-state index is 11.9. The van der Waals surface area contributed by atoms with Crippen LogP contribution >= 0.6 is 15.9 Å². The Balaban J connectivity index is 1.74. The van der Waals surface area contributed by atoms with Crippen molar-refractivity contribution in [3.8, 4) is 5.75 Å². The third-order valence-electron chi connectivity index (χ3n) is 6.25. The molecule has 1 aromatic rings. The predicted molar refractivity (Wildman–Crippen MR) is 91.0 cm³/mol. The van der Waals surface area contributed by atoms with Gasteiger partial charge in [0.25, 0.3) is 0 Å². The van der Waals surface area contributed by atoms with Crippen molar-refractivity contribution in [2.24, 2.45) is 17.8 Å². The number of Topliss-reactive ketones (excluding diaryl/α,β-unsaturated/α-hetero) is 1. The van der Waals surface area contributed by atoms with Gasteiger partial charge in [-0.25, -0.2) is 0 Å². The number of ketones is 1. The van der Waals surface area contributed by atoms with Gasteiger partial charge in [0, 0.05) is 11.1 Å². The Bertz CT molecular complexity index is 572. The molecule has 0 aliphatic heterocycles. The Kier molecular flexibility index (Phi) is 3.60. The number of halogens is 1. The van der Waals surface area contributed by atoms with Crippen molar-refractivity contribution in [3.05, 3.63) is 29.3 Å². The number of carbonyl (C=O) groups is 1. The van der Waals surface area contributed by atoms with E-state index in [9.17, 15) is 4.79 Å². The number of hydrogen-bond acceptors (Lipinski definition) is 2. The SMILES string of the molecule is COc1cc(C(=O)CBr)ccc1C12CC3CC(CC(C3)C1)C2. The summed E-state index contributed by atoms with van der Waals surface area (Å²) in [4.78, 5) is 11.9. The lowest BCUT2D eigenvalue weighted by Gasteiger charge is -2.57. The monoisotopic (exact) mass is 362 g/mol. The van der Waals surface area contributed by atoms with Gasteiger partial charge in [-0.15, -0.1) is 0 Å². The molecule has 4 aliphatic rings. The lowest BCUT2D eigenvalue weighted by molar-refractivity contribution is -0.00616. The van der Waals surface area contributed by atoms with E-state index in [-0.39, 0.29) is 5.78 Å². The fourth-order valence-corrected chi connectivity index (χ4v) is 6.14. The van der Waals surface area contributed by atoms with E-state index in [4.69, 9.17) is 4.74 Å². The molecule has 5 rings (SSSR count). The van der Waals surface area contributed by atoms with Gasteiger partial charge in [-0.3, -0.25) is 4.79 Å². The van der Waals surface area contributed by atoms with Crippen LogP contribution in [-0.4, -0.2) is 18.2 Å². The molecule has 0 radical (unpaired) electrons. The average Bonchev–Trinajstić information content (AvgIpc) is 2.52. The van der Waals surface area contributed by atoms with Crippen LogP contribution in [0.5, 0.6) is 5.75 Å². The van der Waals surface area contributed by atoms with E-state index in [1.807, 2.05) is 12.1 Å². The van der Waals surface area contributed by atoms with Crippen LogP contribution in [0.3, 0.4) is 0 Å². The zero-order chi connectivity index (χ0) is 15.3. The molecule has 0 saturated heterocycles. The first kappa shape index (κ1) is 14.7. The first-order valence-electron chi connectivity index (χ1n) is 8.41. The molecule has 4 saturated carbocycles. The second kappa shape index (κ2) is 5.36. The quantitative estimate of drug-likeness (QED) is 0.571. The summed E-state index contributed by atoms with van der Waals surface area (Å²) in [6.45, 7) is 0. The highest BCUT2D eigenvalue weighted by Gasteiger charge is 2.52. The molecule has 0 N–H and O–H groups in total. The molecular weight excluding hydrogens is 340 g/mol. The molecule has 2 nitrogen and oxygen atoms in total.